The number of carbonyl (C=O) groups is 1. The molecule has 0 atom stereocenters. The Bertz CT molecular complexity index is 1720. The molecular formula is C38H34N2O2. The van der Waals surface area contributed by atoms with Crippen LogP contribution >= 0.6 is 0 Å². The number of carbonyl (C=O) groups excluding carboxylic acids is 1. The smallest absolute Gasteiger partial charge is 0.305 e. The highest BCUT2D eigenvalue weighted by atomic mass is 16.5. The minimum atomic E-state index is -0.354. The Labute approximate surface area is 247 Å². The molecule has 0 unspecified atom stereocenters. The van der Waals surface area contributed by atoms with Crippen molar-refractivity contribution in [1.82, 2.24) is 9.97 Å². The van der Waals surface area contributed by atoms with Crippen molar-refractivity contribution in [1.29, 1.82) is 0 Å². The Morgan fingerprint density at radius 2 is 1.07 bits per heavy atom. The van der Waals surface area contributed by atoms with E-state index in [0.29, 0.717) is 12.8 Å². The summed E-state index contributed by atoms with van der Waals surface area (Å²) in [5.41, 5.74) is 8.52. The second kappa shape index (κ2) is 12.0. The standard InChI is InChI=1S/C38H34N2O2/c1-38(24-23-37(41)42-2,31-17-11-27(12-18-31)25-33-21-15-29-7-3-5-9-35(29)39-33)32-19-13-28(14-20-32)26-34-22-16-30-8-4-6-10-36(30)40-34/h3-22H,23-26H2,1-2H3. The number of hydrogen-bond acceptors (Lipinski definition) is 4. The van der Waals surface area contributed by atoms with Gasteiger partial charge in [-0.05, 0) is 52.9 Å². The first kappa shape index (κ1) is 27.3. The summed E-state index contributed by atoms with van der Waals surface area (Å²) in [4.78, 5) is 21.9. The fourth-order valence-corrected chi connectivity index (χ4v) is 5.72. The van der Waals surface area contributed by atoms with Gasteiger partial charge >= 0.3 is 5.97 Å². The summed E-state index contributed by atoms with van der Waals surface area (Å²) in [6.07, 6.45) is 2.53. The number of pyridine rings is 2. The van der Waals surface area contributed by atoms with Crippen LogP contribution in [0.25, 0.3) is 21.8 Å². The SMILES string of the molecule is COC(=O)CCC(C)(c1ccc(Cc2ccc3ccccc3n2)cc1)c1ccc(Cc2ccc3ccccc3n2)cc1. The molecule has 4 nitrogen and oxygen atoms in total. The van der Waals surface area contributed by atoms with Crippen LogP contribution in [0.4, 0.5) is 0 Å². The van der Waals surface area contributed by atoms with Crippen LogP contribution in [0.1, 0.15) is 53.4 Å². The minimum absolute atomic E-state index is 0.195. The van der Waals surface area contributed by atoms with Crippen molar-refractivity contribution in [3.8, 4) is 0 Å². The first-order valence-corrected chi connectivity index (χ1v) is 14.5. The van der Waals surface area contributed by atoms with Crippen molar-refractivity contribution in [3.63, 3.8) is 0 Å². The van der Waals surface area contributed by atoms with E-state index in [0.717, 1.165) is 46.0 Å². The van der Waals surface area contributed by atoms with Crippen LogP contribution in [0.3, 0.4) is 0 Å². The maximum absolute atomic E-state index is 12.2. The molecule has 0 fully saturated rings. The van der Waals surface area contributed by atoms with Gasteiger partial charge < -0.3 is 4.74 Å². The molecule has 0 saturated carbocycles. The first-order chi connectivity index (χ1) is 20.5. The van der Waals surface area contributed by atoms with Crippen LogP contribution < -0.4 is 0 Å². The lowest BCUT2D eigenvalue weighted by Gasteiger charge is -2.31. The second-order valence-electron chi connectivity index (χ2n) is 11.1. The molecule has 0 aliphatic heterocycles. The van der Waals surface area contributed by atoms with E-state index in [9.17, 15) is 4.79 Å². The molecule has 0 aliphatic carbocycles. The van der Waals surface area contributed by atoms with Gasteiger partial charge in [-0.3, -0.25) is 14.8 Å². The number of hydrogen-bond donors (Lipinski definition) is 0. The van der Waals surface area contributed by atoms with Crippen LogP contribution in [-0.4, -0.2) is 23.0 Å². The van der Waals surface area contributed by atoms with E-state index in [4.69, 9.17) is 14.7 Å². The van der Waals surface area contributed by atoms with E-state index in [1.807, 2.05) is 24.3 Å². The van der Waals surface area contributed by atoms with Gasteiger partial charge in [0.25, 0.3) is 0 Å². The lowest BCUT2D eigenvalue weighted by molar-refractivity contribution is -0.140. The van der Waals surface area contributed by atoms with E-state index >= 15 is 0 Å². The van der Waals surface area contributed by atoms with Crippen LogP contribution in [0.2, 0.25) is 0 Å². The number of ether oxygens (including phenoxy) is 1. The molecule has 0 spiro atoms. The number of methoxy groups -OCH3 is 1. The summed E-state index contributed by atoms with van der Waals surface area (Å²) in [7, 11) is 1.45. The van der Waals surface area contributed by atoms with Crippen molar-refractivity contribution in [2.24, 2.45) is 0 Å². The molecule has 4 heteroatoms. The van der Waals surface area contributed by atoms with Crippen LogP contribution in [0, 0.1) is 0 Å². The van der Waals surface area contributed by atoms with Gasteiger partial charge in [0, 0.05) is 46.8 Å². The van der Waals surface area contributed by atoms with E-state index in [1.54, 1.807) is 0 Å². The summed E-state index contributed by atoms with van der Waals surface area (Å²) in [6, 6.07) is 42.4. The molecule has 6 aromatic rings. The maximum atomic E-state index is 12.2. The minimum Gasteiger partial charge on any atom is -0.469 e. The molecule has 0 saturated heterocycles. The third-order valence-electron chi connectivity index (χ3n) is 8.32. The third-order valence-corrected chi connectivity index (χ3v) is 8.32. The molecule has 42 heavy (non-hydrogen) atoms. The van der Waals surface area contributed by atoms with Gasteiger partial charge in [0.2, 0.25) is 0 Å². The Kier molecular flexibility index (Phi) is 7.78. The van der Waals surface area contributed by atoms with E-state index in [1.165, 1.54) is 29.4 Å². The summed E-state index contributed by atoms with van der Waals surface area (Å²) in [6.45, 7) is 2.22. The first-order valence-electron chi connectivity index (χ1n) is 14.5. The van der Waals surface area contributed by atoms with Crippen LogP contribution in [-0.2, 0) is 27.8 Å². The monoisotopic (exact) mass is 550 g/mol. The lowest BCUT2D eigenvalue weighted by atomic mass is 9.72. The predicted octanol–water partition coefficient (Wildman–Crippen LogP) is 8.22. The average molecular weight is 551 g/mol. The molecule has 0 aliphatic rings. The molecule has 0 bridgehead atoms. The Morgan fingerprint density at radius 3 is 1.52 bits per heavy atom. The zero-order valence-electron chi connectivity index (χ0n) is 24.1. The number of nitrogens with zero attached hydrogens (tertiary/aromatic N) is 2. The molecule has 0 N–H and O–H groups in total. The van der Waals surface area contributed by atoms with Crippen LogP contribution in [0.5, 0.6) is 0 Å². The molecule has 6 rings (SSSR count). The highest BCUT2D eigenvalue weighted by Crippen LogP contribution is 2.37. The topological polar surface area (TPSA) is 52.1 Å². The van der Waals surface area contributed by atoms with Crippen molar-refractivity contribution in [3.05, 3.63) is 155 Å². The highest BCUT2D eigenvalue weighted by Gasteiger charge is 2.30. The number of rotatable bonds is 9. The van der Waals surface area contributed by atoms with Gasteiger partial charge in [0.15, 0.2) is 0 Å². The molecular weight excluding hydrogens is 516 g/mol. The highest BCUT2D eigenvalue weighted by molar-refractivity contribution is 5.79. The molecule has 208 valence electrons. The largest absolute Gasteiger partial charge is 0.469 e. The number of esters is 1. The van der Waals surface area contributed by atoms with Gasteiger partial charge in [-0.15, -0.1) is 0 Å². The van der Waals surface area contributed by atoms with Crippen molar-refractivity contribution >= 4 is 27.8 Å². The van der Waals surface area contributed by atoms with Crippen molar-refractivity contribution in [2.75, 3.05) is 7.11 Å². The van der Waals surface area contributed by atoms with Crippen molar-refractivity contribution in [2.45, 2.75) is 38.0 Å². The molecule has 4 aromatic carbocycles. The summed E-state index contributed by atoms with van der Waals surface area (Å²) in [5, 5.41) is 2.30. The zero-order chi connectivity index (χ0) is 28.9. The average Bonchev–Trinajstić information content (AvgIpc) is 3.04. The van der Waals surface area contributed by atoms with Gasteiger partial charge in [-0.2, -0.15) is 0 Å². The van der Waals surface area contributed by atoms with Gasteiger partial charge in [0.05, 0.1) is 18.1 Å². The Morgan fingerprint density at radius 1 is 0.619 bits per heavy atom. The normalized spacial score (nSPS) is 11.6. The number of aromatic nitrogens is 2. The third kappa shape index (κ3) is 5.94. The molecule has 2 heterocycles. The quantitative estimate of drug-likeness (QED) is 0.170. The number of benzene rings is 4. The summed E-state index contributed by atoms with van der Waals surface area (Å²) < 4.78 is 5.00. The van der Waals surface area contributed by atoms with Crippen LogP contribution in [0.15, 0.2) is 121 Å². The molecule has 0 amide bonds. The van der Waals surface area contributed by atoms with E-state index in [-0.39, 0.29) is 11.4 Å². The van der Waals surface area contributed by atoms with E-state index < -0.39 is 0 Å². The van der Waals surface area contributed by atoms with E-state index in [2.05, 4.69) is 104 Å². The number of para-hydroxylation sites is 2. The maximum Gasteiger partial charge on any atom is 0.305 e. The molecule has 2 aromatic heterocycles. The van der Waals surface area contributed by atoms with Crippen molar-refractivity contribution < 1.29 is 9.53 Å². The summed E-state index contributed by atoms with van der Waals surface area (Å²) >= 11 is 0. The van der Waals surface area contributed by atoms with Gasteiger partial charge in [0.1, 0.15) is 0 Å². The predicted molar refractivity (Wildman–Crippen MR) is 170 cm³/mol. The molecule has 0 radical (unpaired) electrons. The summed E-state index contributed by atoms with van der Waals surface area (Å²) in [5.74, 6) is -0.195. The Hall–Kier alpha value is -4.83. The second-order valence-corrected chi connectivity index (χ2v) is 11.1. The fourth-order valence-electron chi connectivity index (χ4n) is 5.72. The zero-order valence-corrected chi connectivity index (χ0v) is 24.1. The van der Waals surface area contributed by atoms with Gasteiger partial charge in [-0.1, -0.05) is 104 Å². The fraction of sp³-hybridized carbons (Fsp3) is 0.184. The number of fused-ring (bicyclic) bond motifs is 2. The van der Waals surface area contributed by atoms with Gasteiger partial charge in [-0.25, -0.2) is 0 Å². The lowest BCUT2D eigenvalue weighted by Crippen LogP contribution is -2.25. The Balaban J connectivity index is 1.23.